The number of hydrogen-bond acceptors (Lipinski definition) is 4. The number of halogens is 1. The summed E-state index contributed by atoms with van der Waals surface area (Å²) in [4.78, 5) is 21.6. The zero-order chi connectivity index (χ0) is 20.5. The minimum absolute atomic E-state index is 0.299. The van der Waals surface area contributed by atoms with Gasteiger partial charge in [0.1, 0.15) is 11.6 Å². The third-order valence-corrected chi connectivity index (χ3v) is 5.18. The Kier molecular flexibility index (Phi) is 4.55. The maximum atomic E-state index is 13.3. The lowest BCUT2D eigenvalue weighted by Crippen LogP contribution is -2.15. The Morgan fingerprint density at radius 2 is 1.87 bits per heavy atom. The fourth-order valence-electron chi connectivity index (χ4n) is 3.74. The second-order valence-electron chi connectivity index (χ2n) is 7.12. The van der Waals surface area contributed by atoms with E-state index in [4.69, 9.17) is 0 Å². The van der Waals surface area contributed by atoms with Gasteiger partial charge in [0.2, 0.25) is 0 Å². The van der Waals surface area contributed by atoms with E-state index in [2.05, 4.69) is 20.4 Å². The number of hydrogen-bond donors (Lipinski definition) is 1. The Bertz CT molecular complexity index is 1200. The normalized spacial score (nSPS) is 12.6. The van der Waals surface area contributed by atoms with Crippen LogP contribution in [0.25, 0.3) is 16.9 Å². The number of anilines is 1. The molecule has 4 aromatic rings. The molecular weight excluding hydrogens is 381 g/mol. The van der Waals surface area contributed by atoms with Gasteiger partial charge in [-0.15, -0.1) is 0 Å². The van der Waals surface area contributed by atoms with Gasteiger partial charge in [-0.05, 0) is 67.8 Å². The van der Waals surface area contributed by atoms with Crippen molar-refractivity contribution in [2.75, 3.05) is 5.32 Å². The highest BCUT2D eigenvalue weighted by atomic mass is 19.1. The standard InChI is InChI=1S/C23H18FN5O/c24-16-8-10-17(11-9-16)29-20-6-3-4-18(20)22(28-29)23(30)27-21-12-7-15(14-26-21)19-5-1-2-13-25-19/h1-2,5,7-14H,3-4,6H2,(H,26,27,30). The van der Waals surface area contributed by atoms with E-state index >= 15 is 0 Å². The lowest BCUT2D eigenvalue weighted by atomic mass is 10.2. The average molecular weight is 399 g/mol. The molecule has 1 aromatic carbocycles. The molecular formula is C23H18FN5O. The van der Waals surface area contributed by atoms with Crippen molar-refractivity contribution in [1.29, 1.82) is 0 Å². The molecule has 0 radical (unpaired) electrons. The number of carbonyl (C=O) groups is 1. The van der Waals surface area contributed by atoms with Crippen LogP contribution in [0, 0.1) is 5.82 Å². The Labute approximate surface area is 172 Å². The number of rotatable bonds is 4. The van der Waals surface area contributed by atoms with Crippen LogP contribution in [0.15, 0.2) is 67.0 Å². The minimum Gasteiger partial charge on any atom is -0.305 e. The highest BCUT2D eigenvalue weighted by Gasteiger charge is 2.27. The summed E-state index contributed by atoms with van der Waals surface area (Å²) in [7, 11) is 0. The van der Waals surface area contributed by atoms with Gasteiger partial charge in [0.25, 0.3) is 5.91 Å². The van der Waals surface area contributed by atoms with Gasteiger partial charge in [-0.1, -0.05) is 6.07 Å². The molecule has 1 aliphatic rings. The van der Waals surface area contributed by atoms with Gasteiger partial charge in [-0.25, -0.2) is 14.1 Å². The zero-order valence-corrected chi connectivity index (χ0v) is 16.0. The number of pyridine rings is 2. The van der Waals surface area contributed by atoms with E-state index in [0.717, 1.165) is 47.5 Å². The Morgan fingerprint density at radius 1 is 1.00 bits per heavy atom. The van der Waals surface area contributed by atoms with Crippen molar-refractivity contribution in [2.45, 2.75) is 19.3 Å². The Hall–Kier alpha value is -3.87. The molecule has 0 saturated carbocycles. The SMILES string of the molecule is O=C(Nc1ccc(-c2ccccn2)cn1)c1nn(-c2ccc(F)cc2)c2c1CCC2. The van der Waals surface area contributed by atoms with Gasteiger partial charge in [-0.3, -0.25) is 9.78 Å². The smallest absolute Gasteiger partial charge is 0.277 e. The van der Waals surface area contributed by atoms with E-state index < -0.39 is 0 Å². The molecule has 1 aliphatic carbocycles. The highest BCUT2D eigenvalue weighted by Crippen LogP contribution is 2.28. The second-order valence-corrected chi connectivity index (χ2v) is 7.12. The molecule has 0 fully saturated rings. The van der Waals surface area contributed by atoms with Crippen LogP contribution >= 0.6 is 0 Å². The number of aromatic nitrogens is 4. The van der Waals surface area contributed by atoms with Crippen LogP contribution in [-0.2, 0) is 12.8 Å². The summed E-state index contributed by atoms with van der Waals surface area (Å²) < 4.78 is 15.0. The average Bonchev–Trinajstić information content (AvgIpc) is 3.39. The summed E-state index contributed by atoms with van der Waals surface area (Å²) in [5.41, 5.74) is 4.77. The predicted molar refractivity (Wildman–Crippen MR) is 111 cm³/mol. The van der Waals surface area contributed by atoms with Crippen LogP contribution in [0.5, 0.6) is 0 Å². The monoisotopic (exact) mass is 399 g/mol. The van der Waals surface area contributed by atoms with Gasteiger partial charge >= 0.3 is 0 Å². The summed E-state index contributed by atoms with van der Waals surface area (Å²) in [6.07, 6.45) is 6.00. The Morgan fingerprint density at radius 3 is 2.60 bits per heavy atom. The summed E-state index contributed by atoms with van der Waals surface area (Å²) in [5, 5.41) is 7.37. The van der Waals surface area contributed by atoms with Crippen molar-refractivity contribution in [3.63, 3.8) is 0 Å². The molecule has 0 aliphatic heterocycles. The largest absolute Gasteiger partial charge is 0.305 e. The van der Waals surface area contributed by atoms with Crippen LogP contribution in [0.3, 0.4) is 0 Å². The van der Waals surface area contributed by atoms with Crippen molar-refractivity contribution < 1.29 is 9.18 Å². The molecule has 3 heterocycles. The topological polar surface area (TPSA) is 72.7 Å². The summed E-state index contributed by atoms with van der Waals surface area (Å²) >= 11 is 0. The molecule has 7 heteroatoms. The van der Waals surface area contributed by atoms with Crippen LogP contribution in [0.4, 0.5) is 10.2 Å². The van der Waals surface area contributed by atoms with Gasteiger partial charge < -0.3 is 5.32 Å². The molecule has 0 atom stereocenters. The van der Waals surface area contributed by atoms with E-state index in [1.165, 1.54) is 12.1 Å². The predicted octanol–water partition coefficient (Wildman–Crippen LogP) is 4.21. The number of amides is 1. The molecule has 5 rings (SSSR count). The van der Waals surface area contributed by atoms with Gasteiger partial charge in [0.05, 0.1) is 11.4 Å². The van der Waals surface area contributed by atoms with Crippen LogP contribution in [0.1, 0.15) is 28.2 Å². The lowest BCUT2D eigenvalue weighted by molar-refractivity contribution is 0.102. The first-order chi connectivity index (χ1) is 14.7. The Balaban J connectivity index is 1.40. The molecule has 0 saturated heterocycles. The fraction of sp³-hybridized carbons (Fsp3) is 0.130. The zero-order valence-electron chi connectivity index (χ0n) is 16.0. The fourth-order valence-corrected chi connectivity index (χ4v) is 3.74. The second kappa shape index (κ2) is 7.51. The van der Waals surface area contributed by atoms with Crippen LogP contribution in [0.2, 0.25) is 0 Å². The first-order valence-electron chi connectivity index (χ1n) is 9.74. The molecule has 148 valence electrons. The van der Waals surface area contributed by atoms with Crippen LogP contribution in [-0.4, -0.2) is 25.7 Å². The third-order valence-electron chi connectivity index (χ3n) is 5.18. The van der Waals surface area contributed by atoms with E-state index in [9.17, 15) is 9.18 Å². The molecule has 0 unspecified atom stereocenters. The first-order valence-corrected chi connectivity index (χ1v) is 9.74. The van der Waals surface area contributed by atoms with Crippen molar-refractivity contribution in [3.8, 4) is 16.9 Å². The van der Waals surface area contributed by atoms with E-state index in [1.807, 2.05) is 24.3 Å². The van der Waals surface area contributed by atoms with Gasteiger partial charge in [0, 0.05) is 29.2 Å². The molecule has 0 bridgehead atoms. The van der Waals surface area contributed by atoms with Crippen molar-refractivity contribution >= 4 is 11.7 Å². The maximum Gasteiger partial charge on any atom is 0.277 e. The quantitative estimate of drug-likeness (QED) is 0.558. The molecule has 30 heavy (non-hydrogen) atoms. The van der Waals surface area contributed by atoms with Gasteiger partial charge in [-0.2, -0.15) is 5.10 Å². The third kappa shape index (κ3) is 3.34. The first kappa shape index (κ1) is 18.2. The molecule has 0 spiro atoms. The number of nitrogens with zero attached hydrogens (tertiary/aromatic N) is 4. The molecule has 6 nitrogen and oxygen atoms in total. The van der Waals surface area contributed by atoms with Crippen molar-refractivity contribution in [1.82, 2.24) is 19.7 Å². The van der Waals surface area contributed by atoms with E-state index in [1.54, 1.807) is 35.3 Å². The molecule has 1 amide bonds. The minimum atomic E-state index is -0.305. The number of nitrogens with one attached hydrogen (secondary N) is 1. The van der Waals surface area contributed by atoms with E-state index in [0.29, 0.717) is 11.5 Å². The number of fused-ring (bicyclic) bond motifs is 1. The maximum absolute atomic E-state index is 13.3. The summed E-state index contributed by atoms with van der Waals surface area (Å²) in [5.74, 6) is -0.157. The summed E-state index contributed by atoms with van der Waals surface area (Å²) in [6.45, 7) is 0. The van der Waals surface area contributed by atoms with E-state index in [-0.39, 0.29) is 11.7 Å². The number of benzene rings is 1. The van der Waals surface area contributed by atoms with Gasteiger partial charge in [0.15, 0.2) is 5.69 Å². The highest BCUT2D eigenvalue weighted by molar-refractivity contribution is 6.03. The molecule has 3 aromatic heterocycles. The number of carbonyl (C=O) groups excluding carboxylic acids is 1. The van der Waals surface area contributed by atoms with Crippen molar-refractivity contribution in [3.05, 3.63) is 89.8 Å². The lowest BCUT2D eigenvalue weighted by Gasteiger charge is -2.06. The van der Waals surface area contributed by atoms with Crippen molar-refractivity contribution in [2.24, 2.45) is 0 Å². The van der Waals surface area contributed by atoms with Crippen LogP contribution < -0.4 is 5.32 Å². The summed E-state index contributed by atoms with van der Waals surface area (Å²) in [6, 6.07) is 15.4. The molecule has 1 N–H and O–H groups in total.